The van der Waals surface area contributed by atoms with Gasteiger partial charge in [0.05, 0.1) is 17.6 Å². The normalized spacial score (nSPS) is 10.7. The van der Waals surface area contributed by atoms with E-state index in [1.165, 1.54) is 6.26 Å². The number of ketones is 1. The predicted octanol–water partition coefficient (Wildman–Crippen LogP) is 4.21. The van der Waals surface area contributed by atoms with Gasteiger partial charge in [0.15, 0.2) is 5.43 Å². The molecule has 0 N–H and O–H groups in total. The van der Waals surface area contributed by atoms with Gasteiger partial charge < -0.3 is 13.9 Å². The summed E-state index contributed by atoms with van der Waals surface area (Å²) in [6, 6.07) is 14.6. The van der Waals surface area contributed by atoms with Gasteiger partial charge in [-0.2, -0.15) is 0 Å². The highest BCUT2D eigenvalue weighted by Crippen LogP contribution is 2.23. The third kappa shape index (κ3) is 3.54. The summed E-state index contributed by atoms with van der Waals surface area (Å²) in [5.41, 5.74) is 1.80. The van der Waals surface area contributed by atoms with E-state index in [1.54, 1.807) is 25.1 Å². The quantitative estimate of drug-likeness (QED) is 0.638. The van der Waals surface area contributed by atoms with Crippen molar-refractivity contribution in [3.8, 4) is 16.9 Å². The second-order valence-electron chi connectivity index (χ2n) is 5.66. The summed E-state index contributed by atoms with van der Waals surface area (Å²) in [6.45, 7) is 2.02. The fourth-order valence-corrected chi connectivity index (χ4v) is 2.53. The molecule has 3 rings (SSSR count). The summed E-state index contributed by atoms with van der Waals surface area (Å²) >= 11 is 0. The van der Waals surface area contributed by atoms with Crippen molar-refractivity contribution in [3.05, 3.63) is 65.0 Å². The van der Waals surface area contributed by atoms with E-state index < -0.39 is 0 Å². The maximum absolute atomic E-state index is 12.6. The molecule has 0 aliphatic heterocycles. The van der Waals surface area contributed by atoms with Crippen LogP contribution in [0.25, 0.3) is 22.1 Å². The molecule has 1 heterocycles. The average Bonchev–Trinajstić information content (AvgIpc) is 2.59. The Balaban J connectivity index is 1.84. The van der Waals surface area contributed by atoms with Gasteiger partial charge in [0.1, 0.15) is 23.4 Å². The first-order chi connectivity index (χ1) is 11.6. The lowest BCUT2D eigenvalue weighted by atomic mass is 10.1. The first-order valence-electron chi connectivity index (χ1n) is 7.88. The highest BCUT2D eigenvalue weighted by atomic mass is 16.5. The molecule has 0 spiro atoms. The summed E-state index contributed by atoms with van der Waals surface area (Å²) in [4.78, 5) is 23.5. The molecule has 0 atom stereocenters. The van der Waals surface area contributed by atoms with Crippen molar-refractivity contribution in [2.75, 3.05) is 6.61 Å². The van der Waals surface area contributed by atoms with Crippen LogP contribution >= 0.6 is 0 Å². The Labute approximate surface area is 139 Å². The van der Waals surface area contributed by atoms with Crippen molar-refractivity contribution in [3.63, 3.8) is 0 Å². The molecule has 0 saturated carbocycles. The lowest BCUT2D eigenvalue weighted by molar-refractivity contribution is -0.117. The monoisotopic (exact) mass is 322 g/mol. The van der Waals surface area contributed by atoms with Gasteiger partial charge in [-0.3, -0.25) is 4.79 Å². The Morgan fingerprint density at radius 2 is 1.92 bits per heavy atom. The molecule has 0 fully saturated rings. The molecule has 3 aromatic rings. The number of ether oxygens (including phenoxy) is 1. The third-order valence-electron chi connectivity index (χ3n) is 3.77. The van der Waals surface area contributed by atoms with E-state index in [2.05, 4.69) is 0 Å². The van der Waals surface area contributed by atoms with Gasteiger partial charge in [-0.05, 0) is 31.0 Å². The number of Topliss-reactive ketones (excluding diaryl/α,β-unsaturated/α-hetero) is 1. The van der Waals surface area contributed by atoms with Crippen LogP contribution < -0.4 is 10.2 Å². The zero-order valence-corrected chi connectivity index (χ0v) is 13.5. The molecule has 0 amide bonds. The van der Waals surface area contributed by atoms with Gasteiger partial charge in [0.25, 0.3) is 0 Å². The standard InChI is InChI=1S/C20H18O4/c1-14(21)6-5-11-23-16-9-10-17-19(12-16)24-13-18(20(17)22)15-7-3-2-4-8-15/h2-4,7-10,12-13H,5-6,11H2,1H3. The minimum absolute atomic E-state index is 0.0643. The van der Waals surface area contributed by atoms with Crippen LogP contribution in [0.5, 0.6) is 5.75 Å². The lowest BCUT2D eigenvalue weighted by Crippen LogP contribution is -2.05. The van der Waals surface area contributed by atoms with Crippen molar-refractivity contribution < 1.29 is 13.9 Å². The minimum atomic E-state index is -0.0643. The van der Waals surface area contributed by atoms with Crippen molar-refractivity contribution >= 4 is 16.8 Å². The maximum Gasteiger partial charge on any atom is 0.200 e. The van der Waals surface area contributed by atoms with E-state index in [0.29, 0.717) is 41.7 Å². The van der Waals surface area contributed by atoms with E-state index in [4.69, 9.17) is 9.15 Å². The molecule has 4 nitrogen and oxygen atoms in total. The number of hydrogen-bond acceptors (Lipinski definition) is 4. The number of hydrogen-bond donors (Lipinski definition) is 0. The summed E-state index contributed by atoms with van der Waals surface area (Å²) in [6.07, 6.45) is 2.66. The van der Waals surface area contributed by atoms with Crippen LogP contribution in [0.15, 0.2) is 64.0 Å². The summed E-state index contributed by atoms with van der Waals surface area (Å²) in [5.74, 6) is 0.776. The van der Waals surface area contributed by atoms with Crippen LogP contribution in [0.1, 0.15) is 19.8 Å². The fraction of sp³-hybridized carbons (Fsp3) is 0.200. The summed E-state index contributed by atoms with van der Waals surface area (Å²) in [7, 11) is 0. The van der Waals surface area contributed by atoms with Crippen molar-refractivity contribution in [2.45, 2.75) is 19.8 Å². The SMILES string of the molecule is CC(=O)CCCOc1ccc2c(=O)c(-c3ccccc3)coc2c1. The van der Waals surface area contributed by atoms with Crippen molar-refractivity contribution in [1.29, 1.82) is 0 Å². The highest BCUT2D eigenvalue weighted by Gasteiger charge is 2.09. The second kappa shape index (κ2) is 7.13. The van der Waals surface area contributed by atoms with Crippen LogP contribution in [0, 0.1) is 0 Å². The number of carbonyl (C=O) groups is 1. The molecule has 0 aliphatic carbocycles. The van der Waals surface area contributed by atoms with Crippen LogP contribution in [0.2, 0.25) is 0 Å². The van der Waals surface area contributed by atoms with Gasteiger partial charge in [0.2, 0.25) is 0 Å². The van der Waals surface area contributed by atoms with E-state index in [-0.39, 0.29) is 11.2 Å². The Kier molecular flexibility index (Phi) is 4.75. The lowest BCUT2D eigenvalue weighted by Gasteiger charge is -2.07. The van der Waals surface area contributed by atoms with Gasteiger partial charge in [-0.1, -0.05) is 30.3 Å². The molecular weight excluding hydrogens is 304 g/mol. The van der Waals surface area contributed by atoms with Crippen LogP contribution in [0.4, 0.5) is 0 Å². The summed E-state index contributed by atoms with van der Waals surface area (Å²) in [5, 5.41) is 0.521. The molecule has 0 aliphatic rings. The maximum atomic E-state index is 12.6. The Bertz CT molecular complexity index is 910. The molecule has 24 heavy (non-hydrogen) atoms. The molecule has 0 radical (unpaired) electrons. The number of carbonyl (C=O) groups excluding carboxylic acids is 1. The Morgan fingerprint density at radius 3 is 2.67 bits per heavy atom. The van der Waals surface area contributed by atoms with Crippen LogP contribution in [-0.2, 0) is 4.79 Å². The van der Waals surface area contributed by atoms with E-state index >= 15 is 0 Å². The third-order valence-corrected chi connectivity index (χ3v) is 3.77. The van der Waals surface area contributed by atoms with E-state index in [1.807, 2.05) is 30.3 Å². The van der Waals surface area contributed by atoms with E-state index in [9.17, 15) is 9.59 Å². The second-order valence-corrected chi connectivity index (χ2v) is 5.66. The van der Waals surface area contributed by atoms with Crippen molar-refractivity contribution in [1.82, 2.24) is 0 Å². The number of rotatable bonds is 6. The highest BCUT2D eigenvalue weighted by molar-refractivity contribution is 5.82. The van der Waals surface area contributed by atoms with Crippen LogP contribution in [-0.4, -0.2) is 12.4 Å². The molecule has 4 heteroatoms. The molecule has 1 aromatic heterocycles. The zero-order valence-electron chi connectivity index (χ0n) is 13.5. The van der Waals surface area contributed by atoms with Crippen LogP contribution in [0.3, 0.4) is 0 Å². The van der Waals surface area contributed by atoms with Gasteiger partial charge in [-0.25, -0.2) is 0 Å². The first kappa shape index (κ1) is 16.0. The van der Waals surface area contributed by atoms with Crippen molar-refractivity contribution in [2.24, 2.45) is 0 Å². The van der Waals surface area contributed by atoms with Gasteiger partial charge in [-0.15, -0.1) is 0 Å². The zero-order chi connectivity index (χ0) is 16.9. The van der Waals surface area contributed by atoms with E-state index in [0.717, 1.165) is 5.56 Å². The first-order valence-corrected chi connectivity index (χ1v) is 7.88. The van der Waals surface area contributed by atoms with Gasteiger partial charge >= 0.3 is 0 Å². The molecule has 122 valence electrons. The largest absolute Gasteiger partial charge is 0.493 e. The minimum Gasteiger partial charge on any atom is -0.493 e. The Morgan fingerprint density at radius 1 is 1.12 bits per heavy atom. The fourth-order valence-electron chi connectivity index (χ4n) is 2.53. The molecular formula is C20H18O4. The Hall–Kier alpha value is -2.88. The smallest absolute Gasteiger partial charge is 0.200 e. The number of benzene rings is 2. The molecule has 2 aromatic carbocycles. The average molecular weight is 322 g/mol. The molecule has 0 saturated heterocycles. The predicted molar refractivity (Wildman–Crippen MR) is 93.3 cm³/mol. The molecule has 0 unspecified atom stereocenters. The summed E-state index contributed by atoms with van der Waals surface area (Å²) < 4.78 is 11.2. The molecule has 0 bridgehead atoms. The number of fused-ring (bicyclic) bond motifs is 1. The topological polar surface area (TPSA) is 56.5 Å². The van der Waals surface area contributed by atoms with Gasteiger partial charge in [0, 0.05) is 12.5 Å².